The predicted molar refractivity (Wildman–Crippen MR) is 165 cm³/mol. The van der Waals surface area contributed by atoms with Crippen molar-refractivity contribution in [2.45, 2.75) is 13.3 Å². The van der Waals surface area contributed by atoms with Crippen molar-refractivity contribution < 1.29 is 14.4 Å². The Labute approximate surface area is 253 Å². The summed E-state index contributed by atoms with van der Waals surface area (Å²) >= 11 is 1.02. The van der Waals surface area contributed by atoms with Gasteiger partial charge in [0, 0.05) is 29.8 Å². The van der Waals surface area contributed by atoms with Crippen molar-refractivity contribution in [3.63, 3.8) is 0 Å². The molecule has 6 aromatic rings. The van der Waals surface area contributed by atoms with E-state index in [-0.39, 0.29) is 39.7 Å². The number of nitro groups is 1. The van der Waals surface area contributed by atoms with Gasteiger partial charge in [-0.1, -0.05) is 41.7 Å². The zero-order valence-electron chi connectivity index (χ0n) is 23.5. The van der Waals surface area contributed by atoms with Crippen molar-refractivity contribution in [2.24, 2.45) is 0 Å². The van der Waals surface area contributed by atoms with Crippen molar-refractivity contribution >= 4 is 28.1 Å². The molecule has 0 atom stereocenters. The van der Waals surface area contributed by atoms with Crippen LogP contribution in [0, 0.1) is 10.1 Å². The van der Waals surface area contributed by atoms with E-state index >= 15 is 0 Å². The molecular formula is C31H24N6O6S. The van der Waals surface area contributed by atoms with Crippen molar-refractivity contribution in [1.29, 1.82) is 0 Å². The van der Waals surface area contributed by atoms with Crippen LogP contribution >= 0.6 is 11.3 Å². The Balaban J connectivity index is 1.47. The second-order valence-corrected chi connectivity index (χ2v) is 10.6. The molecule has 0 saturated carbocycles. The number of benzene rings is 3. The molecule has 3 aromatic carbocycles. The van der Waals surface area contributed by atoms with Gasteiger partial charge < -0.3 is 9.47 Å². The standard InChI is InChI=1S/C31H24N6O6S/c1-3-43-26-14-11-20(16-25(26)37(40)41)28-21(18-35(34-28)22-7-5-4-6-8-22)17-27-30(39)36-31(44-27)32-29(38)24(33-36)15-19-9-12-23(42-2)13-10-19/h4-14,16-18H,3,15H2,1-2H3/b27-17-. The molecule has 220 valence electrons. The molecule has 0 aliphatic carbocycles. The summed E-state index contributed by atoms with van der Waals surface area (Å²) in [6, 6.07) is 21.1. The number of nitro benzene ring substituents is 1. The Morgan fingerprint density at radius 3 is 2.50 bits per heavy atom. The van der Waals surface area contributed by atoms with Crippen LogP contribution in [0.5, 0.6) is 11.5 Å². The molecule has 44 heavy (non-hydrogen) atoms. The molecule has 12 nitrogen and oxygen atoms in total. The van der Waals surface area contributed by atoms with Crippen LogP contribution in [0.2, 0.25) is 0 Å². The van der Waals surface area contributed by atoms with E-state index in [1.807, 2.05) is 42.5 Å². The highest BCUT2D eigenvalue weighted by atomic mass is 32.1. The maximum atomic E-state index is 13.5. The first-order valence-corrected chi connectivity index (χ1v) is 14.3. The number of aromatic nitrogens is 5. The number of methoxy groups -OCH3 is 1. The smallest absolute Gasteiger partial charge is 0.311 e. The van der Waals surface area contributed by atoms with E-state index in [2.05, 4.69) is 10.1 Å². The average molecular weight is 609 g/mol. The second-order valence-electron chi connectivity index (χ2n) is 9.58. The Bertz CT molecular complexity index is 2170. The maximum Gasteiger partial charge on any atom is 0.311 e. The number of nitrogens with zero attached hydrogens (tertiary/aromatic N) is 6. The largest absolute Gasteiger partial charge is 0.497 e. The third kappa shape index (κ3) is 5.55. The van der Waals surface area contributed by atoms with Crippen LogP contribution in [-0.2, 0) is 6.42 Å². The molecule has 0 fully saturated rings. The lowest BCUT2D eigenvalue weighted by Gasteiger charge is -2.06. The zero-order chi connectivity index (χ0) is 30.8. The minimum absolute atomic E-state index is 0.133. The molecule has 0 bridgehead atoms. The summed E-state index contributed by atoms with van der Waals surface area (Å²) in [6.45, 7) is 2.02. The molecule has 0 aliphatic heterocycles. The van der Waals surface area contributed by atoms with Gasteiger partial charge in [0.05, 0.1) is 28.9 Å². The Morgan fingerprint density at radius 1 is 1.02 bits per heavy atom. The van der Waals surface area contributed by atoms with Crippen molar-refractivity contribution in [1.82, 2.24) is 24.4 Å². The zero-order valence-corrected chi connectivity index (χ0v) is 24.4. The molecule has 3 heterocycles. The fourth-order valence-corrected chi connectivity index (χ4v) is 5.54. The number of fused-ring (bicyclic) bond motifs is 1. The van der Waals surface area contributed by atoms with Crippen LogP contribution < -0.4 is 25.1 Å². The molecule has 13 heteroatoms. The molecule has 6 rings (SSSR count). The lowest BCUT2D eigenvalue weighted by atomic mass is 10.1. The van der Waals surface area contributed by atoms with Gasteiger partial charge in [0.25, 0.3) is 11.1 Å². The van der Waals surface area contributed by atoms with Crippen LogP contribution in [0.4, 0.5) is 5.69 Å². The molecule has 0 N–H and O–H groups in total. The van der Waals surface area contributed by atoms with Gasteiger partial charge >= 0.3 is 5.69 Å². The summed E-state index contributed by atoms with van der Waals surface area (Å²) in [4.78, 5) is 41.9. The maximum absolute atomic E-state index is 13.5. The molecular weight excluding hydrogens is 584 g/mol. The van der Waals surface area contributed by atoms with Crippen molar-refractivity contribution in [3.8, 4) is 28.4 Å². The Morgan fingerprint density at radius 2 is 1.80 bits per heavy atom. The van der Waals surface area contributed by atoms with Gasteiger partial charge in [0.2, 0.25) is 4.96 Å². The highest BCUT2D eigenvalue weighted by Gasteiger charge is 2.20. The number of para-hydroxylation sites is 1. The Kier molecular flexibility index (Phi) is 7.69. The number of thiazole rings is 1. The minimum atomic E-state index is -0.520. The van der Waals surface area contributed by atoms with Crippen LogP contribution in [0.3, 0.4) is 0 Å². The van der Waals surface area contributed by atoms with E-state index in [0.717, 1.165) is 27.1 Å². The fourth-order valence-electron chi connectivity index (χ4n) is 4.65. The normalized spacial score (nSPS) is 11.6. The van der Waals surface area contributed by atoms with Crippen LogP contribution in [0.1, 0.15) is 23.7 Å². The highest BCUT2D eigenvalue weighted by Crippen LogP contribution is 2.34. The predicted octanol–water partition coefficient (Wildman–Crippen LogP) is 3.82. The summed E-state index contributed by atoms with van der Waals surface area (Å²) in [5.41, 5.74) is 1.92. The summed E-state index contributed by atoms with van der Waals surface area (Å²) in [5, 5.41) is 20.9. The summed E-state index contributed by atoms with van der Waals surface area (Å²) in [5.74, 6) is 0.828. The average Bonchev–Trinajstić information content (AvgIpc) is 3.59. The second kappa shape index (κ2) is 11.9. The summed E-state index contributed by atoms with van der Waals surface area (Å²) < 4.78 is 13.6. The highest BCUT2D eigenvalue weighted by molar-refractivity contribution is 7.15. The SMILES string of the molecule is CCOc1ccc(-c2nn(-c3ccccc3)cc2/C=c2\sc3nc(=O)c(Cc4ccc(OC)cc4)nn3c2=O)cc1[N+](=O)[O-]. The van der Waals surface area contributed by atoms with E-state index in [1.54, 1.807) is 49.2 Å². The van der Waals surface area contributed by atoms with Crippen LogP contribution in [0.15, 0.2) is 88.6 Å². The first-order chi connectivity index (χ1) is 21.3. The summed E-state index contributed by atoms with van der Waals surface area (Å²) in [6.07, 6.45) is 3.55. The molecule has 0 saturated heterocycles. The number of ether oxygens (including phenoxy) is 2. The fraction of sp³-hybridized carbons (Fsp3) is 0.129. The molecule has 0 radical (unpaired) electrons. The first-order valence-electron chi connectivity index (χ1n) is 13.5. The first kappa shape index (κ1) is 28.4. The third-order valence-electron chi connectivity index (χ3n) is 6.76. The van der Waals surface area contributed by atoms with Gasteiger partial charge in [-0.3, -0.25) is 19.7 Å². The molecule has 0 amide bonds. The number of hydrogen-bond acceptors (Lipinski definition) is 10. The van der Waals surface area contributed by atoms with Crippen molar-refractivity contribution in [3.05, 3.63) is 131 Å². The van der Waals surface area contributed by atoms with Gasteiger partial charge in [-0.2, -0.15) is 19.7 Å². The number of hydrogen-bond donors (Lipinski definition) is 0. The monoisotopic (exact) mass is 608 g/mol. The molecule has 0 spiro atoms. The van der Waals surface area contributed by atoms with E-state index in [0.29, 0.717) is 22.6 Å². The summed E-state index contributed by atoms with van der Waals surface area (Å²) in [7, 11) is 1.57. The lowest BCUT2D eigenvalue weighted by molar-refractivity contribution is -0.385. The van der Waals surface area contributed by atoms with Gasteiger partial charge in [-0.15, -0.1) is 0 Å². The van der Waals surface area contributed by atoms with Crippen LogP contribution in [-0.4, -0.2) is 43.0 Å². The van der Waals surface area contributed by atoms with Gasteiger partial charge in [0.1, 0.15) is 17.1 Å². The quantitative estimate of drug-likeness (QED) is 0.177. The molecule has 0 unspecified atom stereocenters. The number of rotatable bonds is 9. The minimum Gasteiger partial charge on any atom is -0.497 e. The van der Waals surface area contributed by atoms with Gasteiger partial charge in [-0.25, -0.2) is 4.68 Å². The van der Waals surface area contributed by atoms with E-state index in [4.69, 9.17) is 14.6 Å². The van der Waals surface area contributed by atoms with E-state index in [1.165, 1.54) is 12.1 Å². The molecule has 0 aliphatic rings. The van der Waals surface area contributed by atoms with Gasteiger partial charge in [-0.05, 0) is 55.0 Å². The lowest BCUT2D eigenvalue weighted by Crippen LogP contribution is -2.28. The topological polar surface area (TPSA) is 144 Å². The Hall–Kier alpha value is -5.69. The van der Waals surface area contributed by atoms with Gasteiger partial charge in [0.15, 0.2) is 5.75 Å². The third-order valence-corrected chi connectivity index (χ3v) is 7.72. The van der Waals surface area contributed by atoms with E-state index < -0.39 is 16.0 Å². The van der Waals surface area contributed by atoms with E-state index in [9.17, 15) is 19.7 Å². The van der Waals surface area contributed by atoms with Crippen LogP contribution in [0.25, 0.3) is 28.0 Å². The van der Waals surface area contributed by atoms with Crippen molar-refractivity contribution in [2.75, 3.05) is 13.7 Å². The molecule has 3 aromatic heterocycles.